The third kappa shape index (κ3) is 4.09. The molecule has 84 valence electrons. The van der Waals surface area contributed by atoms with Crippen molar-refractivity contribution in [1.29, 1.82) is 0 Å². The molecule has 0 aliphatic heterocycles. The Balaban J connectivity index is 4.37. The molecule has 0 aliphatic rings. The summed E-state index contributed by atoms with van der Waals surface area (Å²) in [5.74, 6) is -0.0654. The van der Waals surface area contributed by atoms with E-state index in [0.717, 1.165) is 6.42 Å². The molecule has 0 aliphatic carbocycles. The van der Waals surface area contributed by atoms with Crippen molar-refractivity contribution in [3.8, 4) is 0 Å². The Labute approximate surface area is 87.4 Å². The zero-order chi connectivity index (χ0) is 11.6. The van der Waals surface area contributed by atoms with Crippen LogP contribution in [0.25, 0.3) is 0 Å². The van der Waals surface area contributed by atoms with Gasteiger partial charge in [-0.3, -0.25) is 4.79 Å². The van der Waals surface area contributed by atoms with Crippen LogP contribution in [-0.2, 0) is 4.79 Å². The second-order valence-electron chi connectivity index (χ2n) is 5.57. The highest BCUT2D eigenvalue weighted by Crippen LogP contribution is 2.18. The summed E-state index contributed by atoms with van der Waals surface area (Å²) in [6, 6.07) is -0.451. The first-order valence-corrected chi connectivity index (χ1v) is 5.18. The van der Waals surface area contributed by atoms with E-state index in [-0.39, 0.29) is 16.9 Å². The highest BCUT2D eigenvalue weighted by Gasteiger charge is 2.30. The molecule has 3 heteroatoms. The van der Waals surface area contributed by atoms with E-state index in [2.05, 4.69) is 5.32 Å². The van der Waals surface area contributed by atoms with E-state index in [4.69, 9.17) is 5.73 Å². The minimum Gasteiger partial charge on any atom is -0.350 e. The molecule has 0 heterocycles. The van der Waals surface area contributed by atoms with Gasteiger partial charge in [0.15, 0.2) is 0 Å². The number of hydrogen-bond donors (Lipinski definition) is 2. The van der Waals surface area contributed by atoms with Gasteiger partial charge in [0, 0.05) is 5.54 Å². The van der Waals surface area contributed by atoms with Gasteiger partial charge < -0.3 is 11.1 Å². The second-order valence-corrected chi connectivity index (χ2v) is 5.57. The molecule has 0 rings (SSSR count). The summed E-state index contributed by atoms with van der Waals surface area (Å²) in [6.45, 7) is 12.0. The van der Waals surface area contributed by atoms with Crippen molar-refractivity contribution in [3.05, 3.63) is 0 Å². The fourth-order valence-electron chi connectivity index (χ4n) is 0.893. The largest absolute Gasteiger partial charge is 0.350 e. The van der Waals surface area contributed by atoms with Gasteiger partial charge in [-0.15, -0.1) is 0 Å². The summed E-state index contributed by atoms with van der Waals surface area (Å²) in [6.07, 6.45) is 0.898. The zero-order valence-corrected chi connectivity index (χ0v) is 10.3. The standard InChI is InChI=1S/C11H24N2O/c1-7-11(5,6)13-9(14)8(12)10(2,3)4/h8H,7,12H2,1-6H3,(H,13,14)/t8-/m1/s1. The van der Waals surface area contributed by atoms with Crippen molar-refractivity contribution in [2.75, 3.05) is 0 Å². The average Bonchev–Trinajstić information content (AvgIpc) is 2.00. The van der Waals surface area contributed by atoms with Crippen LogP contribution in [0.2, 0.25) is 0 Å². The van der Waals surface area contributed by atoms with Crippen molar-refractivity contribution in [2.45, 2.75) is 59.5 Å². The average molecular weight is 200 g/mol. The number of rotatable bonds is 3. The molecule has 3 N–H and O–H groups in total. The third-order valence-corrected chi connectivity index (χ3v) is 2.56. The fourth-order valence-corrected chi connectivity index (χ4v) is 0.893. The lowest BCUT2D eigenvalue weighted by molar-refractivity contribution is -0.126. The van der Waals surface area contributed by atoms with Gasteiger partial charge in [0.1, 0.15) is 0 Å². The lowest BCUT2D eigenvalue weighted by Gasteiger charge is -2.31. The van der Waals surface area contributed by atoms with E-state index in [9.17, 15) is 4.79 Å². The monoisotopic (exact) mass is 200 g/mol. The number of carbonyl (C=O) groups excluding carboxylic acids is 1. The predicted octanol–water partition coefficient (Wildman–Crippen LogP) is 1.66. The van der Waals surface area contributed by atoms with Crippen LogP contribution in [0, 0.1) is 5.41 Å². The summed E-state index contributed by atoms with van der Waals surface area (Å²) in [7, 11) is 0. The lowest BCUT2D eigenvalue weighted by atomic mass is 9.86. The van der Waals surface area contributed by atoms with Crippen LogP contribution in [0.3, 0.4) is 0 Å². The molecule has 0 bridgehead atoms. The van der Waals surface area contributed by atoms with Gasteiger partial charge in [0.25, 0.3) is 0 Å². The number of nitrogens with one attached hydrogen (secondary N) is 1. The number of nitrogens with two attached hydrogens (primary N) is 1. The number of amides is 1. The SMILES string of the molecule is CCC(C)(C)NC(=O)[C@@H](N)C(C)(C)C. The van der Waals surface area contributed by atoms with Gasteiger partial charge >= 0.3 is 0 Å². The minimum atomic E-state index is -0.451. The van der Waals surface area contributed by atoms with Crippen LogP contribution >= 0.6 is 0 Å². The van der Waals surface area contributed by atoms with Gasteiger partial charge in [-0.1, -0.05) is 27.7 Å². The fraction of sp³-hybridized carbons (Fsp3) is 0.909. The lowest BCUT2D eigenvalue weighted by Crippen LogP contribution is -2.54. The smallest absolute Gasteiger partial charge is 0.237 e. The molecule has 0 radical (unpaired) electrons. The Morgan fingerprint density at radius 3 is 2.00 bits per heavy atom. The summed E-state index contributed by atoms with van der Waals surface area (Å²) >= 11 is 0. The molecule has 1 amide bonds. The van der Waals surface area contributed by atoms with E-state index in [1.165, 1.54) is 0 Å². The number of hydrogen-bond acceptors (Lipinski definition) is 2. The molecule has 0 aromatic heterocycles. The van der Waals surface area contributed by atoms with Gasteiger partial charge in [-0.05, 0) is 25.7 Å². The minimum absolute atomic E-state index is 0.0654. The molecule has 0 aromatic rings. The van der Waals surface area contributed by atoms with Crippen LogP contribution in [0.5, 0.6) is 0 Å². The van der Waals surface area contributed by atoms with Crippen LogP contribution in [0.4, 0.5) is 0 Å². The normalized spacial score (nSPS) is 15.1. The molecule has 0 fully saturated rings. The molecule has 0 saturated heterocycles. The van der Waals surface area contributed by atoms with Crippen LogP contribution < -0.4 is 11.1 Å². The second kappa shape index (κ2) is 4.30. The summed E-state index contributed by atoms with van der Waals surface area (Å²) < 4.78 is 0. The Morgan fingerprint density at radius 2 is 1.71 bits per heavy atom. The van der Waals surface area contributed by atoms with Crippen molar-refractivity contribution >= 4 is 5.91 Å². The van der Waals surface area contributed by atoms with E-state index < -0.39 is 6.04 Å². The third-order valence-electron chi connectivity index (χ3n) is 2.56. The van der Waals surface area contributed by atoms with Crippen LogP contribution in [0.1, 0.15) is 48.0 Å². The molecule has 3 nitrogen and oxygen atoms in total. The maximum absolute atomic E-state index is 11.7. The van der Waals surface area contributed by atoms with Gasteiger partial charge in [0.2, 0.25) is 5.91 Å². The Hall–Kier alpha value is -0.570. The molecular formula is C11H24N2O. The number of carbonyl (C=O) groups is 1. The van der Waals surface area contributed by atoms with Crippen molar-refractivity contribution in [2.24, 2.45) is 11.1 Å². The molecule has 0 spiro atoms. The molecule has 14 heavy (non-hydrogen) atoms. The summed E-state index contributed by atoms with van der Waals surface area (Å²) in [5, 5.41) is 2.95. The zero-order valence-electron chi connectivity index (χ0n) is 10.3. The van der Waals surface area contributed by atoms with E-state index >= 15 is 0 Å². The summed E-state index contributed by atoms with van der Waals surface area (Å²) in [4.78, 5) is 11.7. The van der Waals surface area contributed by atoms with E-state index in [1.807, 2.05) is 41.5 Å². The Morgan fingerprint density at radius 1 is 1.29 bits per heavy atom. The van der Waals surface area contributed by atoms with Gasteiger partial charge in [-0.2, -0.15) is 0 Å². The maximum Gasteiger partial charge on any atom is 0.237 e. The first kappa shape index (κ1) is 13.4. The molecule has 0 unspecified atom stereocenters. The van der Waals surface area contributed by atoms with Crippen LogP contribution in [-0.4, -0.2) is 17.5 Å². The van der Waals surface area contributed by atoms with Gasteiger partial charge in [0.05, 0.1) is 6.04 Å². The predicted molar refractivity (Wildman–Crippen MR) is 59.9 cm³/mol. The molecule has 0 aromatic carbocycles. The molecule has 1 atom stereocenters. The quantitative estimate of drug-likeness (QED) is 0.728. The first-order valence-electron chi connectivity index (χ1n) is 5.18. The highest BCUT2D eigenvalue weighted by atomic mass is 16.2. The molecule has 0 saturated carbocycles. The van der Waals surface area contributed by atoms with Crippen LogP contribution in [0.15, 0.2) is 0 Å². The topological polar surface area (TPSA) is 55.1 Å². The summed E-state index contributed by atoms with van der Waals surface area (Å²) in [5.41, 5.74) is 5.49. The van der Waals surface area contributed by atoms with Crippen molar-refractivity contribution in [1.82, 2.24) is 5.32 Å². The van der Waals surface area contributed by atoms with Crippen molar-refractivity contribution < 1.29 is 4.79 Å². The van der Waals surface area contributed by atoms with E-state index in [0.29, 0.717) is 0 Å². The van der Waals surface area contributed by atoms with E-state index in [1.54, 1.807) is 0 Å². The first-order chi connectivity index (χ1) is 6.10. The Bertz CT molecular complexity index is 204. The highest BCUT2D eigenvalue weighted by molar-refractivity contribution is 5.82. The maximum atomic E-state index is 11.7. The molecular weight excluding hydrogens is 176 g/mol. The van der Waals surface area contributed by atoms with Crippen molar-refractivity contribution in [3.63, 3.8) is 0 Å². The van der Waals surface area contributed by atoms with Gasteiger partial charge in [-0.25, -0.2) is 0 Å². The Kier molecular flexibility index (Phi) is 4.13.